The Morgan fingerprint density at radius 1 is 1.33 bits per heavy atom. The van der Waals surface area contributed by atoms with Crippen molar-refractivity contribution in [1.82, 2.24) is 10.2 Å². The highest BCUT2D eigenvalue weighted by Gasteiger charge is 2.19. The average molecular weight is 256 g/mol. The summed E-state index contributed by atoms with van der Waals surface area (Å²) < 4.78 is 0. The van der Waals surface area contributed by atoms with E-state index in [2.05, 4.69) is 5.32 Å². The monoisotopic (exact) mass is 256 g/mol. The van der Waals surface area contributed by atoms with E-state index in [-0.39, 0.29) is 25.0 Å². The quantitative estimate of drug-likeness (QED) is 0.698. The van der Waals surface area contributed by atoms with Crippen molar-refractivity contribution in [3.63, 3.8) is 0 Å². The lowest BCUT2D eigenvalue weighted by molar-refractivity contribution is -0.133. The van der Waals surface area contributed by atoms with Crippen molar-refractivity contribution in [3.05, 3.63) is 0 Å². The van der Waals surface area contributed by atoms with E-state index in [9.17, 15) is 9.59 Å². The van der Waals surface area contributed by atoms with E-state index in [1.165, 1.54) is 17.7 Å². The highest BCUT2D eigenvalue weighted by molar-refractivity contribution is 5.84. The topological polar surface area (TPSA) is 69.6 Å². The summed E-state index contributed by atoms with van der Waals surface area (Å²) in [7, 11) is 0. The number of likely N-dealkylation sites (N-methyl/N-ethyl adjacent to an activating group) is 1. The molecule has 104 valence electrons. The first-order chi connectivity index (χ1) is 8.67. The molecule has 0 spiro atoms. The standard InChI is InChI=1S/C13H24N2O3/c1-2-15(7-8-16)13(18)10-14-12(17)9-11-5-3-4-6-11/h11,16H,2-10H2,1H3,(H,14,17). The second-order valence-electron chi connectivity index (χ2n) is 4.83. The zero-order valence-corrected chi connectivity index (χ0v) is 11.2. The van der Waals surface area contributed by atoms with Crippen LogP contribution in [0, 0.1) is 5.92 Å². The van der Waals surface area contributed by atoms with Gasteiger partial charge in [-0.1, -0.05) is 12.8 Å². The molecule has 0 heterocycles. The summed E-state index contributed by atoms with van der Waals surface area (Å²) in [5.41, 5.74) is 0. The van der Waals surface area contributed by atoms with Crippen molar-refractivity contribution in [1.29, 1.82) is 0 Å². The molecule has 0 atom stereocenters. The van der Waals surface area contributed by atoms with Crippen LogP contribution in [0.15, 0.2) is 0 Å². The SMILES string of the molecule is CCN(CCO)C(=O)CNC(=O)CC1CCCC1. The maximum Gasteiger partial charge on any atom is 0.242 e. The van der Waals surface area contributed by atoms with Crippen LogP contribution >= 0.6 is 0 Å². The van der Waals surface area contributed by atoms with Gasteiger partial charge in [0.15, 0.2) is 0 Å². The molecule has 1 aliphatic carbocycles. The van der Waals surface area contributed by atoms with E-state index in [0.717, 1.165) is 12.8 Å². The maximum absolute atomic E-state index is 11.7. The van der Waals surface area contributed by atoms with E-state index in [0.29, 0.717) is 25.4 Å². The van der Waals surface area contributed by atoms with Gasteiger partial charge in [0, 0.05) is 19.5 Å². The molecule has 0 radical (unpaired) electrons. The minimum absolute atomic E-state index is 0.0321. The van der Waals surface area contributed by atoms with Crippen molar-refractivity contribution < 1.29 is 14.7 Å². The molecule has 5 nitrogen and oxygen atoms in total. The molecule has 1 aliphatic rings. The predicted molar refractivity (Wildman–Crippen MR) is 68.9 cm³/mol. The summed E-state index contributed by atoms with van der Waals surface area (Å²) in [6.07, 6.45) is 5.24. The van der Waals surface area contributed by atoms with Gasteiger partial charge in [-0.15, -0.1) is 0 Å². The van der Waals surface area contributed by atoms with Crippen LogP contribution in [0.3, 0.4) is 0 Å². The molecule has 0 aliphatic heterocycles. The fraction of sp³-hybridized carbons (Fsp3) is 0.846. The highest BCUT2D eigenvalue weighted by Crippen LogP contribution is 2.27. The largest absolute Gasteiger partial charge is 0.395 e. The molecular weight excluding hydrogens is 232 g/mol. The first-order valence-corrected chi connectivity index (χ1v) is 6.82. The summed E-state index contributed by atoms with van der Waals surface area (Å²) >= 11 is 0. The highest BCUT2D eigenvalue weighted by atomic mass is 16.3. The molecule has 0 aromatic heterocycles. The van der Waals surface area contributed by atoms with Crippen LogP contribution in [0.5, 0.6) is 0 Å². The first kappa shape index (κ1) is 15.0. The van der Waals surface area contributed by atoms with Gasteiger partial charge in [0.05, 0.1) is 13.2 Å². The summed E-state index contributed by atoms with van der Waals surface area (Å²) in [5, 5.41) is 11.5. The molecule has 2 amide bonds. The molecule has 1 fully saturated rings. The number of aliphatic hydroxyl groups excluding tert-OH is 1. The minimum Gasteiger partial charge on any atom is -0.395 e. The zero-order valence-electron chi connectivity index (χ0n) is 11.2. The Hall–Kier alpha value is -1.10. The third-order valence-corrected chi connectivity index (χ3v) is 3.49. The van der Waals surface area contributed by atoms with Crippen LogP contribution in [0.2, 0.25) is 0 Å². The summed E-state index contributed by atoms with van der Waals surface area (Å²) in [6, 6.07) is 0. The second kappa shape index (κ2) is 8.08. The van der Waals surface area contributed by atoms with Crippen LogP contribution in [0.4, 0.5) is 0 Å². The predicted octanol–water partition coefficient (Wildman–Crippen LogP) is 0.524. The molecule has 1 rings (SSSR count). The van der Waals surface area contributed by atoms with Gasteiger partial charge in [-0.2, -0.15) is 0 Å². The van der Waals surface area contributed by atoms with Gasteiger partial charge in [0.2, 0.25) is 11.8 Å². The third-order valence-electron chi connectivity index (χ3n) is 3.49. The second-order valence-corrected chi connectivity index (χ2v) is 4.83. The molecule has 1 saturated carbocycles. The van der Waals surface area contributed by atoms with Crippen molar-refractivity contribution in [2.24, 2.45) is 5.92 Å². The molecule has 0 bridgehead atoms. The lowest BCUT2D eigenvalue weighted by Gasteiger charge is -2.20. The van der Waals surface area contributed by atoms with Gasteiger partial charge < -0.3 is 15.3 Å². The van der Waals surface area contributed by atoms with Crippen LogP contribution < -0.4 is 5.32 Å². The smallest absolute Gasteiger partial charge is 0.242 e. The Kier molecular flexibility index (Phi) is 6.72. The Labute approximate surface area is 109 Å². The molecule has 5 heteroatoms. The Morgan fingerprint density at radius 2 is 2.00 bits per heavy atom. The normalized spacial score (nSPS) is 15.7. The Bertz CT molecular complexity index is 275. The number of carbonyl (C=O) groups excluding carboxylic acids is 2. The number of hydrogen-bond donors (Lipinski definition) is 2. The summed E-state index contributed by atoms with van der Waals surface area (Å²) in [6.45, 7) is 2.73. The fourth-order valence-corrected chi connectivity index (χ4v) is 2.41. The number of rotatable bonds is 7. The van der Waals surface area contributed by atoms with Crippen molar-refractivity contribution in [2.75, 3.05) is 26.2 Å². The van der Waals surface area contributed by atoms with Crippen LogP contribution in [-0.4, -0.2) is 48.1 Å². The van der Waals surface area contributed by atoms with Gasteiger partial charge in [0.25, 0.3) is 0 Å². The molecule has 0 aromatic carbocycles. The number of hydrogen-bond acceptors (Lipinski definition) is 3. The molecule has 0 unspecified atom stereocenters. The van der Waals surface area contributed by atoms with E-state index in [1.54, 1.807) is 0 Å². The number of amides is 2. The van der Waals surface area contributed by atoms with Crippen molar-refractivity contribution >= 4 is 11.8 Å². The summed E-state index contributed by atoms with van der Waals surface area (Å²) in [4.78, 5) is 24.9. The van der Waals surface area contributed by atoms with Crippen LogP contribution in [-0.2, 0) is 9.59 Å². The summed E-state index contributed by atoms with van der Waals surface area (Å²) in [5.74, 6) is 0.335. The van der Waals surface area contributed by atoms with Crippen molar-refractivity contribution in [2.45, 2.75) is 39.0 Å². The maximum atomic E-state index is 11.7. The van der Waals surface area contributed by atoms with Gasteiger partial charge >= 0.3 is 0 Å². The van der Waals surface area contributed by atoms with E-state index < -0.39 is 0 Å². The minimum atomic E-state index is -0.133. The number of nitrogens with one attached hydrogen (secondary N) is 1. The van der Waals surface area contributed by atoms with E-state index in [4.69, 9.17) is 5.11 Å². The molecule has 0 saturated heterocycles. The lowest BCUT2D eigenvalue weighted by atomic mass is 10.0. The van der Waals surface area contributed by atoms with Gasteiger partial charge in [-0.05, 0) is 25.7 Å². The Balaban J connectivity index is 2.21. The average Bonchev–Trinajstić information content (AvgIpc) is 2.85. The van der Waals surface area contributed by atoms with Gasteiger partial charge in [0.1, 0.15) is 0 Å². The molecular formula is C13H24N2O3. The van der Waals surface area contributed by atoms with Crippen LogP contribution in [0.25, 0.3) is 0 Å². The number of aliphatic hydroxyl groups is 1. The molecule has 2 N–H and O–H groups in total. The Morgan fingerprint density at radius 3 is 2.56 bits per heavy atom. The van der Waals surface area contributed by atoms with E-state index >= 15 is 0 Å². The zero-order chi connectivity index (χ0) is 13.4. The number of nitrogens with zero attached hydrogens (tertiary/aromatic N) is 1. The van der Waals surface area contributed by atoms with Crippen molar-refractivity contribution in [3.8, 4) is 0 Å². The molecule has 0 aromatic rings. The van der Waals surface area contributed by atoms with E-state index in [1.807, 2.05) is 6.92 Å². The fourth-order valence-electron chi connectivity index (χ4n) is 2.41. The first-order valence-electron chi connectivity index (χ1n) is 6.82. The molecule has 18 heavy (non-hydrogen) atoms. The van der Waals surface area contributed by atoms with Crippen LogP contribution in [0.1, 0.15) is 39.0 Å². The van der Waals surface area contributed by atoms with Gasteiger partial charge in [-0.3, -0.25) is 9.59 Å². The number of carbonyl (C=O) groups is 2. The lowest BCUT2D eigenvalue weighted by Crippen LogP contribution is -2.41. The third kappa shape index (κ3) is 5.04. The van der Waals surface area contributed by atoms with Gasteiger partial charge in [-0.25, -0.2) is 0 Å².